The SMILES string of the molecule is Cc1nc(NCCN2CCOCC2)nc2c1C(=O)CC(C)C2. The van der Waals surface area contributed by atoms with Crippen molar-refractivity contribution in [2.24, 2.45) is 5.92 Å². The van der Waals surface area contributed by atoms with Crippen LogP contribution in [0.3, 0.4) is 0 Å². The second kappa shape index (κ2) is 6.71. The van der Waals surface area contributed by atoms with Crippen LogP contribution in [-0.4, -0.2) is 60.0 Å². The lowest BCUT2D eigenvalue weighted by atomic mass is 9.86. The Morgan fingerprint density at radius 3 is 2.82 bits per heavy atom. The Hall–Kier alpha value is -1.53. The fourth-order valence-corrected chi connectivity index (χ4v) is 3.19. The Morgan fingerprint density at radius 2 is 2.05 bits per heavy atom. The van der Waals surface area contributed by atoms with Crippen LogP contribution < -0.4 is 5.32 Å². The molecule has 0 spiro atoms. The van der Waals surface area contributed by atoms with E-state index in [1.807, 2.05) is 6.92 Å². The minimum absolute atomic E-state index is 0.186. The Labute approximate surface area is 131 Å². The molecule has 0 radical (unpaired) electrons. The molecule has 22 heavy (non-hydrogen) atoms. The number of hydrogen-bond donors (Lipinski definition) is 1. The van der Waals surface area contributed by atoms with Gasteiger partial charge < -0.3 is 10.1 Å². The molecule has 3 rings (SSSR count). The van der Waals surface area contributed by atoms with Gasteiger partial charge in [-0.15, -0.1) is 0 Å². The average Bonchev–Trinajstić information content (AvgIpc) is 2.47. The van der Waals surface area contributed by atoms with Crippen molar-refractivity contribution in [1.29, 1.82) is 0 Å². The molecule has 1 aliphatic carbocycles. The van der Waals surface area contributed by atoms with Crippen molar-refractivity contribution < 1.29 is 9.53 Å². The highest BCUT2D eigenvalue weighted by Crippen LogP contribution is 2.26. The third-order valence-electron chi connectivity index (χ3n) is 4.33. The maximum Gasteiger partial charge on any atom is 0.223 e. The summed E-state index contributed by atoms with van der Waals surface area (Å²) in [6, 6.07) is 0. The summed E-state index contributed by atoms with van der Waals surface area (Å²) in [5.41, 5.74) is 2.46. The van der Waals surface area contributed by atoms with Crippen LogP contribution in [-0.2, 0) is 11.2 Å². The van der Waals surface area contributed by atoms with Crippen molar-refractivity contribution in [3.8, 4) is 0 Å². The highest BCUT2D eigenvalue weighted by atomic mass is 16.5. The van der Waals surface area contributed by atoms with E-state index in [4.69, 9.17) is 4.74 Å². The number of carbonyl (C=O) groups excluding carboxylic acids is 1. The van der Waals surface area contributed by atoms with E-state index in [0.717, 1.165) is 62.8 Å². The third-order valence-corrected chi connectivity index (χ3v) is 4.33. The minimum Gasteiger partial charge on any atom is -0.379 e. The molecule has 0 aromatic carbocycles. The average molecular weight is 304 g/mol. The lowest BCUT2D eigenvalue weighted by Gasteiger charge is -2.26. The summed E-state index contributed by atoms with van der Waals surface area (Å²) in [4.78, 5) is 23.5. The summed E-state index contributed by atoms with van der Waals surface area (Å²) in [5, 5.41) is 3.30. The number of ketones is 1. The summed E-state index contributed by atoms with van der Waals surface area (Å²) < 4.78 is 5.34. The van der Waals surface area contributed by atoms with Gasteiger partial charge in [0, 0.05) is 32.6 Å². The van der Waals surface area contributed by atoms with Crippen LogP contribution in [0.4, 0.5) is 5.95 Å². The van der Waals surface area contributed by atoms with Crippen molar-refractivity contribution >= 4 is 11.7 Å². The van der Waals surface area contributed by atoms with Gasteiger partial charge in [0.25, 0.3) is 0 Å². The normalized spacial score (nSPS) is 22.5. The number of nitrogens with one attached hydrogen (secondary N) is 1. The largest absolute Gasteiger partial charge is 0.379 e. The summed E-state index contributed by atoms with van der Waals surface area (Å²) in [5.74, 6) is 1.20. The molecule has 1 fully saturated rings. The molecule has 0 amide bonds. The number of ether oxygens (including phenoxy) is 1. The van der Waals surface area contributed by atoms with E-state index in [0.29, 0.717) is 18.3 Å². The molecule has 0 bridgehead atoms. The first kappa shape index (κ1) is 15.4. The van der Waals surface area contributed by atoms with Gasteiger partial charge in [0.15, 0.2) is 5.78 Å². The van der Waals surface area contributed by atoms with Crippen molar-refractivity contribution in [1.82, 2.24) is 14.9 Å². The van der Waals surface area contributed by atoms with Crippen LogP contribution in [0.15, 0.2) is 0 Å². The van der Waals surface area contributed by atoms with Gasteiger partial charge in [0.05, 0.1) is 30.2 Å². The highest BCUT2D eigenvalue weighted by molar-refractivity contribution is 5.99. The van der Waals surface area contributed by atoms with Crippen LogP contribution >= 0.6 is 0 Å². The maximum atomic E-state index is 12.1. The summed E-state index contributed by atoms with van der Waals surface area (Å²) >= 11 is 0. The standard InChI is InChI=1S/C16H24N4O2/c1-11-9-13-15(14(21)10-11)12(2)18-16(19-13)17-3-4-20-5-7-22-8-6-20/h11H,3-10H2,1-2H3,(H,17,18,19). The number of Topliss-reactive ketones (excluding diaryl/α,β-unsaturated/α-hetero) is 1. The fourth-order valence-electron chi connectivity index (χ4n) is 3.19. The molecule has 1 saturated heterocycles. The van der Waals surface area contributed by atoms with Crippen LogP contribution in [0.5, 0.6) is 0 Å². The summed E-state index contributed by atoms with van der Waals surface area (Å²) in [6.45, 7) is 9.36. The summed E-state index contributed by atoms with van der Waals surface area (Å²) in [6.07, 6.45) is 1.48. The Bertz CT molecular complexity index is 555. The molecule has 1 aromatic heterocycles. The minimum atomic E-state index is 0.186. The molecule has 6 nitrogen and oxygen atoms in total. The third kappa shape index (κ3) is 3.44. The second-order valence-corrected chi connectivity index (χ2v) is 6.27. The Morgan fingerprint density at radius 1 is 1.27 bits per heavy atom. The van der Waals surface area contributed by atoms with Gasteiger partial charge in [0.1, 0.15) is 0 Å². The smallest absolute Gasteiger partial charge is 0.223 e. The number of aryl methyl sites for hydroxylation is 1. The molecule has 1 unspecified atom stereocenters. The van der Waals surface area contributed by atoms with E-state index >= 15 is 0 Å². The monoisotopic (exact) mass is 304 g/mol. The van der Waals surface area contributed by atoms with Gasteiger partial charge in [-0.05, 0) is 19.3 Å². The molecular weight excluding hydrogens is 280 g/mol. The first-order valence-electron chi connectivity index (χ1n) is 8.08. The molecule has 6 heteroatoms. The van der Waals surface area contributed by atoms with E-state index in [2.05, 4.69) is 27.1 Å². The van der Waals surface area contributed by atoms with Gasteiger partial charge in [-0.2, -0.15) is 0 Å². The van der Waals surface area contributed by atoms with E-state index in [-0.39, 0.29) is 5.78 Å². The highest BCUT2D eigenvalue weighted by Gasteiger charge is 2.26. The molecule has 1 aliphatic heterocycles. The van der Waals surface area contributed by atoms with Crippen molar-refractivity contribution in [2.45, 2.75) is 26.7 Å². The predicted octanol–water partition coefficient (Wildman–Crippen LogP) is 1.29. The van der Waals surface area contributed by atoms with Crippen molar-refractivity contribution in [3.63, 3.8) is 0 Å². The number of carbonyl (C=O) groups is 1. The predicted molar refractivity (Wildman–Crippen MR) is 84.3 cm³/mol. The Kier molecular flexibility index (Phi) is 4.69. The topological polar surface area (TPSA) is 67.3 Å². The van der Waals surface area contributed by atoms with Crippen LogP contribution in [0.25, 0.3) is 0 Å². The van der Waals surface area contributed by atoms with Gasteiger partial charge in [-0.3, -0.25) is 9.69 Å². The quantitative estimate of drug-likeness (QED) is 0.904. The van der Waals surface area contributed by atoms with Gasteiger partial charge >= 0.3 is 0 Å². The van der Waals surface area contributed by atoms with Gasteiger partial charge in [-0.1, -0.05) is 6.92 Å². The first-order valence-corrected chi connectivity index (χ1v) is 8.08. The van der Waals surface area contributed by atoms with Crippen LogP contribution in [0.2, 0.25) is 0 Å². The summed E-state index contributed by atoms with van der Waals surface area (Å²) in [7, 11) is 0. The number of nitrogens with zero attached hydrogens (tertiary/aromatic N) is 3. The Balaban J connectivity index is 1.63. The van der Waals surface area contributed by atoms with E-state index in [1.165, 1.54) is 0 Å². The van der Waals surface area contributed by atoms with E-state index < -0.39 is 0 Å². The molecular formula is C16H24N4O2. The van der Waals surface area contributed by atoms with E-state index in [9.17, 15) is 4.79 Å². The second-order valence-electron chi connectivity index (χ2n) is 6.27. The zero-order valence-electron chi connectivity index (χ0n) is 13.4. The molecule has 0 saturated carbocycles. The van der Waals surface area contributed by atoms with Crippen LogP contribution in [0, 0.1) is 12.8 Å². The number of aromatic nitrogens is 2. The lowest BCUT2D eigenvalue weighted by molar-refractivity contribution is 0.0398. The molecule has 1 aromatic rings. The van der Waals surface area contributed by atoms with E-state index in [1.54, 1.807) is 0 Å². The molecule has 1 atom stereocenters. The number of morpholine rings is 1. The lowest BCUT2D eigenvalue weighted by Crippen LogP contribution is -2.39. The van der Waals surface area contributed by atoms with Crippen molar-refractivity contribution in [3.05, 3.63) is 17.0 Å². The van der Waals surface area contributed by atoms with Crippen molar-refractivity contribution in [2.75, 3.05) is 44.7 Å². The number of rotatable bonds is 4. The van der Waals surface area contributed by atoms with Gasteiger partial charge in [0.2, 0.25) is 5.95 Å². The molecule has 2 heterocycles. The van der Waals surface area contributed by atoms with Gasteiger partial charge in [-0.25, -0.2) is 9.97 Å². The molecule has 2 aliphatic rings. The number of hydrogen-bond acceptors (Lipinski definition) is 6. The maximum absolute atomic E-state index is 12.1. The van der Waals surface area contributed by atoms with Crippen LogP contribution in [0.1, 0.15) is 35.1 Å². The molecule has 120 valence electrons. The zero-order chi connectivity index (χ0) is 15.5. The first-order chi connectivity index (χ1) is 10.6. The fraction of sp³-hybridized carbons (Fsp3) is 0.688. The molecule has 1 N–H and O–H groups in total. The zero-order valence-corrected chi connectivity index (χ0v) is 13.4. The number of anilines is 1. The number of fused-ring (bicyclic) bond motifs is 1.